The zero-order chi connectivity index (χ0) is 34.2. The average Bonchev–Trinajstić information content (AvgIpc) is 3.69. The topological polar surface area (TPSA) is 148 Å². The van der Waals surface area contributed by atoms with Crippen LogP contribution in [0, 0.1) is 0 Å². The van der Waals surface area contributed by atoms with Crippen molar-refractivity contribution in [3.05, 3.63) is 111 Å². The van der Waals surface area contributed by atoms with Crippen LogP contribution in [-0.4, -0.2) is 64.3 Å². The number of β-lactam (4-membered cyclic amide) rings is 1. The van der Waals surface area contributed by atoms with E-state index in [-0.39, 0.29) is 11.5 Å². The molecule has 13 heteroatoms. The van der Waals surface area contributed by atoms with Crippen molar-refractivity contribution in [3.8, 4) is 0 Å². The summed E-state index contributed by atoms with van der Waals surface area (Å²) < 4.78 is 11.6. The lowest BCUT2D eigenvalue weighted by Gasteiger charge is -2.51. The standard InChI is InChI=1S/C35H34N4O7S2/c1-35(2,3)46-34(44)37-25-30(42)39-26(33(43)45-27(20-10-6-4-7-11-20)21-12-8-5-9-13-21)23(19-48-32(25)39)18-22-14-16-38(29(22)41)31-24(28(36)40)15-17-47-31/h4-13,15,17-19,25-27,32H,14,16H2,1-3H3,(H2,36,40)(H,37,44)/b22-18+/t25-,26-,32-/m1/s1. The van der Waals surface area contributed by atoms with Crippen molar-refractivity contribution in [2.75, 3.05) is 11.4 Å². The third-order valence-electron chi connectivity index (χ3n) is 7.97. The Bertz CT molecular complexity index is 1780. The number of benzene rings is 2. The number of alkyl carbamates (subject to hydrolysis) is 1. The fraction of sp³-hybridized carbons (Fsp3) is 0.286. The van der Waals surface area contributed by atoms with E-state index in [2.05, 4.69) is 5.32 Å². The molecule has 3 N–H and O–H groups in total. The first-order chi connectivity index (χ1) is 22.9. The van der Waals surface area contributed by atoms with Crippen LogP contribution in [0.5, 0.6) is 0 Å². The van der Waals surface area contributed by atoms with E-state index in [1.807, 2.05) is 60.7 Å². The van der Waals surface area contributed by atoms with Gasteiger partial charge in [-0.1, -0.05) is 60.7 Å². The van der Waals surface area contributed by atoms with Crippen molar-refractivity contribution >= 4 is 57.9 Å². The van der Waals surface area contributed by atoms with Gasteiger partial charge < -0.3 is 25.4 Å². The van der Waals surface area contributed by atoms with Crippen LogP contribution in [-0.2, 0) is 23.9 Å². The summed E-state index contributed by atoms with van der Waals surface area (Å²) in [6.45, 7) is 5.48. The lowest BCUT2D eigenvalue weighted by atomic mass is 9.95. The van der Waals surface area contributed by atoms with Crippen molar-refractivity contribution in [2.24, 2.45) is 5.73 Å². The number of thioether (sulfide) groups is 1. The van der Waals surface area contributed by atoms with Crippen LogP contribution in [0.1, 0.15) is 54.8 Å². The number of nitrogens with two attached hydrogens (primary N) is 1. The lowest BCUT2D eigenvalue weighted by Crippen LogP contribution is -2.74. The second kappa shape index (κ2) is 13.3. The molecule has 11 nitrogen and oxygen atoms in total. The number of carbonyl (C=O) groups excluding carboxylic acids is 5. The van der Waals surface area contributed by atoms with E-state index in [1.54, 1.807) is 43.7 Å². The second-order valence-corrected chi connectivity index (χ2v) is 14.3. The van der Waals surface area contributed by atoms with Gasteiger partial charge in [0.15, 0.2) is 12.1 Å². The van der Waals surface area contributed by atoms with E-state index < -0.39 is 53.0 Å². The second-order valence-electron chi connectivity index (χ2n) is 12.4. The van der Waals surface area contributed by atoms with Gasteiger partial charge in [0, 0.05) is 12.1 Å². The highest BCUT2D eigenvalue weighted by molar-refractivity contribution is 8.03. The molecule has 2 saturated heterocycles. The van der Waals surface area contributed by atoms with E-state index in [1.165, 1.54) is 32.9 Å². The highest BCUT2D eigenvalue weighted by Crippen LogP contribution is 2.43. The summed E-state index contributed by atoms with van der Waals surface area (Å²) >= 11 is 2.49. The normalized spacial score (nSPS) is 21.5. The molecule has 1 aromatic heterocycles. The number of primary amides is 1. The predicted octanol–water partition coefficient (Wildman–Crippen LogP) is 4.90. The molecule has 3 aromatic rings. The SMILES string of the molecule is CC(C)(C)OC(=O)N[C@@H]1C(=O)N2[C@@H](C(=O)OC(c3ccccc3)c3ccccc3)C(/C=C3\CCN(c4sccc4C(N)=O)C3=O)=CS[C@H]12. The molecule has 3 aliphatic rings. The van der Waals surface area contributed by atoms with Gasteiger partial charge in [0.2, 0.25) is 5.91 Å². The number of hydrogen-bond acceptors (Lipinski definition) is 9. The summed E-state index contributed by atoms with van der Waals surface area (Å²) in [5.41, 5.74) is 7.30. The molecule has 0 bridgehead atoms. The Labute approximate surface area is 285 Å². The first-order valence-corrected chi connectivity index (χ1v) is 17.1. The van der Waals surface area contributed by atoms with Crippen molar-refractivity contribution < 1.29 is 33.4 Å². The largest absolute Gasteiger partial charge is 0.451 e. The molecule has 0 aliphatic carbocycles. The zero-order valence-corrected chi connectivity index (χ0v) is 28.1. The number of esters is 1. The number of ether oxygens (including phenoxy) is 2. The van der Waals surface area contributed by atoms with Crippen LogP contribution >= 0.6 is 23.1 Å². The highest BCUT2D eigenvalue weighted by Gasteiger charge is 2.56. The molecule has 0 saturated carbocycles. The van der Waals surface area contributed by atoms with E-state index in [9.17, 15) is 24.0 Å². The minimum Gasteiger partial charge on any atom is -0.451 e. The van der Waals surface area contributed by atoms with Gasteiger partial charge in [-0.15, -0.1) is 23.1 Å². The quantitative estimate of drug-likeness (QED) is 0.193. The summed E-state index contributed by atoms with van der Waals surface area (Å²) in [6.07, 6.45) is 0.446. The molecule has 2 fully saturated rings. The summed E-state index contributed by atoms with van der Waals surface area (Å²) in [7, 11) is 0. The van der Waals surface area contributed by atoms with Gasteiger partial charge in [0.05, 0.1) is 5.56 Å². The van der Waals surface area contributed by atoms with Crippen molar-refractivity contribution in [1.82, 2.24) is 10.2 Å². The first kappa shape index (κ1) is 33.0. The van der Waals surface area contributed by atoms with E-state index >= 15 is 0 Å². The maximum Gasteiger partial charge on any atom is 0.408 e. The minimum atomic E-state index is -1.20. The van der Waals surface area contributed by atoms with Gasteiger partial charge in [-0.05, 0) is 66.8 Å². The van der Waals surface area contributed by atoms with Gasteiger partial charge >= 0.3 is 12.1 Å². The van der Waals surface area contributed by atoms with Crippen LogP contribution in [0.15, 0.2) is 94.7 Å². The van der Waals surface area contributed by atoms with Crippen LogP contribution in [0.25, 0.3) is 0 Å². The molecular weight excluding hydrogens is 653 g/mol. The summed E-state index contributed by atoms with van der Waals surface area (Å²) in [4.78, 5) is 69.0. The number of anilines is 1. The molecule has 0 radical (unpaired) electrons. The number of nitrogens with zero attached hydrogens (tertiary/aromatic N) is 2. The van der Waals surface area contributed by atoms with Crippen LogP contribution in [0.4, 0.5) is 9.80 Å². The Morgan fingerprint density at radius 1 is 1.00 bits per heavy atom. The highest BCUT2D eigenvalue weighted by atomic mass is 32.2. The Hall–Kier alpha value is -4.88. The fourth-order valence-electron chi connectivity index (χ4n) is 5.81. The molecular formula is C35H34N4O7S2. The summed E-state index contributed by atoms with van der Waals surface area (Å²) in [6, 6.07) is 18.0. The van der Waals surface area contributed by atoms with E-state index in [4.69, 9.17) is 15.2 Å². The van der Waals surface area contributed by atoms with Crippen LogP contribution in [0.3, 0.4) is 0 Å². The van der Waals surface area contributed by atoms with Gasteiger partial charge in [0.25, 0.3) is 11.8 Å². The lowest BCUT2D eigenvalue weighted by molar-refractivity contribution is -0.164. The number of hydrogen-bond donors (Lipinski definition) is 2. The third kappa shape index (κ3) is 6.60. The fourth-order valence-corrected chi connectivity index (χ4v) is 7.94. The maximum absolute atomic E-state index is 14.3. The average molecular weight is 687 g/mol. The molecule has 248 valence electrons. The summed E-state index contributed by atoms with van der Waals surface area (Å²) in [5.74, 6) is -2.13. The van der Waals surface area contributed by atoms with Crippen molar-refractivity contribution in [3.63, 3.8) is 0 Å². The Morgan fingerprint density at radius 3 is 2.25 bits per heavy atom. The van der Waals surface area contributed by atoms with Crippen molar-refractivity contribution in [2.45, 2.75) is 56.4 Å². The number of thiophene rings is 1. The molecule has 48 heavy (non-hydrogen) atoms. The monoisotopic (exact) mass is 686 g/mol. The maximum atomic E-state index is 14.3. The smallest absolute Gasteiger partial charge is 0.408 e. The zero-order valence-electron chi connectivity index (χ0n) is 26.5. The molecule has 4 amide bonds. The molecule has 3 atom stereocenters. The predicted molar refractivity (Wildman–Crippen MR) is 182 cm³/mol. The minimum absolute atomic E-state index is 0.258. The van der Waals surface area contributed by atoms with Crippen LogP contribution < -0.4 is 16.0 Å². The van der Waals surface area contributed by atoms with Gasteiger partial charge in [-0.25, -0.2) is 9.59 Å². The Morgan fingerprint density at radius 2 is 1.65 bits per heavy atom. The number of fused-ring (bicyclic) bond motifs is 1. The molecule has 2 aromatic carbocycles. The van der Waals surface area contributed by atoms with E-state index in [0.717, 1.165) is 11.1 Å². The van der Waals surface area contributed by atoms with Gasteiger partial charge in [-0.3, -0.25) is 19.3 Å². The Kier molecular flexibility index (Phi) is 9.17. The van der Waals surface area contributed by atoms with E-state index in [0.29, 0.717) is 29.1 Å². The van der Waals surface area contributed by atoms with Crippen molar-refractivity contribution in [1.29, 1.82) is 0 Å². The molecule has 6 rings (SSSR count). The third-order valence-corrected chi connectivity index (χ3v) is 10.1. The summed E-state index contributed by atoms with van der Waals surface area (Å²) in [5, 5.41) is 5.91. The Balaban J connectivity index is 1.32. The number of amides is 4. The molecule has 4 heterocycles. The number of rotatable bonds is 8. The number of nitrogens with one attached hydrogen (secondary N) is 1. The number of carbonyl (C=O) groups is 5. The van der Waals surface area contributed by atoms with Crippen LogP contribution in [0.2, 0.25) is 0 Å². The molecule has 3 aliphatic heterocycles. The first-order valence-electron chi connectivity index (χ1n) is 15.3. The molecule has 0 spiro atoms. The van der Waals surface area contributed by atoms with Gasteiger partial charge in [-0.2, -0.15) is 0 Å². The molecule has 0 unspecified atom stereocenters. The van der Waals surface area contributed by atoms with Gasteiger partial charge in [0.1, 0.15) is 22.0 Å².